The molecule has 38 heavy (non-hydrogen) atoms. The summed E-state index contributed by atoms with van der Waals surface area (Å²) >= 11 is 0. The van der Waals surface area contributed by atoms with Crippen molar-refractivity contribution in [1.82, 2.24) is 0 Å². The molecule has 4 rings (SSSR count). The number of allylic oxidation sites excluding steroid dienone is 2. The first kappa shape index (κ1) is 27.4. The van der Waals surface area contributed by atoms with E-state index < -0.39 is 5.97 Å². The van der Waals surface area contributed by atoms with Crippen molar-refractivity contribution in [3.63, 3.8) is 0 Å². The number of methoxy groups -OCH3 is 2. The molecule has 0 amide bonds. The predicted molar refractivity (Wildman–Crippen MR) is 147 cm³/mol. The normalized spacial score (nSPS) is 15.1. The van der Waals surface area contributed by atoms with E-state index in [9.17, 15) is 9.90 Å². The average Bonchev–Trinajstić information content (AvgIpc) is 3.26. The molecule has 0 unspecified atom stereocenters. The van der Waals surface area contributed by atoms with Gasteiger partial charge < -0.3 is 19.3 Å². The van der Waals surface area contributed by atoms with Crippen molar-refractivity contribution in [2.24, 2.45) is 5.41 Å². The van der Waals surface area contributed by atoms with Crippen LogP contribution in [0.2, 0.25) is 0 Å². The van der Waals surface area contributed by atoms with Crippen LogP contribution in [0.25, 0.3) is 16.7 Å². The molecule has 3 aromatic rings. The van der Waals surface area contributed by atoms with Gasteiger partial charge in [-0.05, 0) is 82.5 Å². The Kier molecular flexibility index (Phi) is 8.52. The molecule has 0 bridgehead atoms. The van der Waals surface area contributed by atoms with Gasteiger partial charge in [-0.2, -0.15) is 0 Å². The van der Waals surface area contributed by atoms with Crippen LogP contribution >= 0.6 is 0 Å². The summed E-state index contributed by atoms with van der Waals surface area (Å²) in [6.07, 6.45) is 4.25. The highest BCUT2D eigenvalue weighted by Gasteiger charge is 2.30. The Labute approximate surface area is 223 Å². The Morgan fingerprint density at radius 2 is 1.82 bits per heavy atom. The molecule has 0 spiro atoms. The summed E-state index contributed by atoms with van der Waals surface area (Å²) in [5, 5.41) is 9.28. The van der Waals surface area contributed by atoms with Gasteiger partial charge in [0.05, 0.1) is 20.1 Å². The van der Waals surface area contributed by atoms with Crippen molar-refractivity contribution in [2.75, 3.05) is 20.8 Å². The van der Waals surface area contributed by atoms with Crippen LogP contribution in [0.15, 0.2) is 66.7 Å². The molecule has 1 aliphatic rings. The van der Waals surface area contributed by atoms with Crippen LogP contribution in [0.4, 0.5) is 4.39 Å². The highest BCUT2D eigenvalue weighted by molar-refractivity contribution is 5.85. The van der Waals surface area contributed by atoms with Crippen LogP contribution in [-0.4, -0.2) is 31.9 Å². The van der Waals surface area contributed by atoms with Gasteiger partial charge in [-0.25, -0.2) is 4.39 Å². The zero-order chi connectivity index (χ0) is 27.3. The molecule has 0 heterocycles. The van der Waals surface area contributed by atoms with Crippen molar-refractivity contribution < 1.29 is 28.5 Å². The first-order chi connectivity index (χ1) is 18.2. The predicted octanol–water partition coefficient (Wildman–Crippen LogP) is 7.49. The molecule has 0 saturated heterocycles. The number of halogens is 1. The summed E-state index contributed by atoms with van der Waals surface area (Å²) in [4.78, 5) is 11.3. The van der Waals surface area contributed by atoms with E-state index in [0.717, 1.165) is 35.1 Å². The van der Waals surface area contributed by atoms with Crippen molar-refractivity contribution in [1.29, 1.82) is 0 Å². The third-order valence-corrected chi connectivity index (χ3v) is 7.21. The summed E-state index contributed by atoms with van der Waals surface area (Å²) in [5.74, 6) is -0.173. The van der Waals surface area contributed by atoms with Crippen LogP contribution < -0.4 is 9.47 Å². The SMILES string of the molecule is COC[C@H](CC(=O)O)c1cccc(OCc2ccc(-c3cc(OC)ccc3F)c(C3=CCCC3(C)C)c2)c1. The van der Waals surface area contributed by atoms with Crippen molar-refractivity contribution in [2.45, 2.75) is 45.6 Å². The van der Waals surface area contributed by atoms with Crippen LogP contribution in [0.5, 0.6) is 11.5 Å². The van der Waals surface area contributed by atoms with E-state index >= 15 is 4.39 Å². The Morgan fingerprint density at radius 3 is 2.50 bits per heavy atom. The number of carboxylic acids is 1. The summed E-state index contributed by atoms with van der Waals surface area (Å²) in [7, 11) is 3.14. The zero-order valence-electron chi connectivity index (χ0n) is 22.4. The second-order valence-electron chi connectivity index (χ2n) is 10.4. The minimum Gasteiger partial charge on any atom is -0.497 e. The van der Waals surface area contributed by atoms with E-state index in [1.165, 1.54) is 11.6 Å². The number of carbonyl (C=O) groups is 1. The molecule has 200 valence electrons. The second-order valence-corrected chi connectivity index (χ2v) is 10.4. The first-order valence-corrected chi connectivity index (χ1v) is 12.8. The molecule has 0 radical (unpaired) electrons. The number of hydrogen-bond acceptors (Lipinski definition) is 4. The van der Waals surface area contributed by atoms with E-state index in [0.29, 0.717) is 30.3 Å². The summed E-state index contributed by atoms with van der Waals surface area (Å²) in [6.45, 7) is 5.07. The van der Waals surface area contributed by atoms with Gasteiger partial charge in [0.1, 0.15) is 23.9 Å². The molecule has 1 N–H and O–H groups in total. The van der Waals surface area contributed by atoms with E-state index in [1.54, 1.807) is 26.4 Å². The van der Waals surface area contributed by atoms with Gasteiger partial charge >= 0.3 is 5.97 Å². The van der Waals surface area contributed by atoms with Gasteiger partial charge in [0.15, 0.2) is 0 Å². The smallest absolute Gasteiger partial charge is 0.304 e. The number of carboxylic acid groups (broad SMARTS) is 1. The van der Waals surface area contributed by atoms with E-state index in [1.807, 2.05) is 36.4 Å². The van der Waals surface area contributed by atoms with Gasteiger partial charge in [-0.15, -0.1) is 0 Å². The standard InChI is InChI=1S/C32H35FO5/c1-32(2)14-6-9-29(32)27-15-21(10-12-26(27)28-18-24(37-4)11-13-30(28)33)19-38-25-8-5-7-22(16-25)23(20-36-3)17-31(34)35/h5,7-13,15-16,18,23H,6,14,17,19-20H2,1-4H3,(H,34,35)/t23-/m0/s1. The van der Waals surface area contributed by atoms with Gasteiger partial charge in [-0.1, -0.05) is 44.2 Å². The van der Waals surface area contributed by atoms with Crippen molar-refractivity contribution in [3.05, 3.63) is 89.2 Å². The van der Waals surface area contributed by atoms with Crippen LogP contribution in [0, 0.1) is 11.2 Å². The van der Waals surface area contributed by atoms with E-state index in [-0.39, 0.29) is 23.6 Å². The maximum absolute atomic E-state index is 15.0. The van der Waals surface area contributed by atoms with Crippen LogP contribution in [-0.2, 0) is 16.1 Å². The molecule has 5 nitrogen and oxygen atoms in total. The molecule has 0 aromatic heterocycles. The number of hydrogen-bond donors (Lipinski definition) is 1. The average molecular weight is 519 g/mol. The number of ether oxygens (including phenoxy) is 3. The molecule has 0 fully saturated rings. The lowest BCUT2D eigenvalue weighted by Gasteiger charge is -2.25. The molecular weight excluding hydrogens is 483 g/mol. The van der Waals surface area contributed by atoms with Gasteiger partial charge in [0, 0.05) is 18.6 Å². The molecule has 0 aliphatic heterocycles. The highest BCUT2D eigenvalue weighted by atomic mass is 19.1. The Hall–Kier alpha value is -3.64. The Morgan fingerprint density at radius 1 is 1.00 bits per heavy atom. The number of rotatable bonds is 11. The van der Waals surface area contributed by atoms with Gasteiger partial charge in [0.25, 0.3) is 0 Å². The van der Waals surface area contributed by atoms with Crippen LogP contribution in [0.1, 0.15) is 55.7 Å². The zero-order valence-corrected chi connectivity index (χ0v) is 22.4. The quantitative estimate of drug-likeness (QED) is 0.285. The fraction of sp³-hybridized carbons (Fsp3) is 0.344. The maximum atomic E-state index is 15.0. The van der Waals surface area contributed by atoms with E-state index in [4.69, 9.17) is 14.2 Å². The largest absolute Gasteiger partial charge is 0.497 e. The third-order valence-electron chi connectivity index (χ3n) is 7.21. The fourth-order valence-corrected chi connectivity index (χ4v) is 5.15. The van der Waals surface area contributed by atoms with Crippen LogP contribution in [0.3, 0.4) is 0 Å². The highest BCUT2D eigenvalue weighted by Crippen LogP contribution is 2.47. The number of aliphatic carboxylic acids is 1. The lowest BCUT2D eigenvalue weighted by Crippen LogP contribution is -2.12. The maximum Gasteiger partial charge on any atom is 0.304 e. The molecule has 1 atom stereocenters. The minimum absolute atomic E-state index is 0.0200. The fourth-order valence-electron chi connectivity index (χ4n) is 5.15. The molecule has 6 heteroatoms. The van der Waals surface area contributed by atoms with E-state index in [2.05, 4.69) is 26.0 Å². The second kappa shape index (κ2) is 11.8. The summed E-state index contributed by atoms with van der Waals surface area (Å²) in [6, 6.07) is 18.3. The minimum atomic E-state index is -0.873. The topological polar surface area (TPSA) is 65.0 Å². The van der Waals surface area contributed by atoms with Gasteiger partial charge in [-0.3, -0.25) is 4.79 Å². The third kappa shape index (κ3) is 6.25. The molecule has 0 saturated carbocycles. The monoisotopic (exact) mass is 518 g/mol. The summed E-state index contributed by atoms with van der Waals surface area (Å²) in [5.41, 5.74) is 5.31. The lowest BCUT2D eigenvalue weighted by molar-refractivity contribution is -0.137. The van der Waals surface area contributed by atoms with Crippen molar-refractivity contribution >= 4 is 11.5 Å². The Balaban J connectivity index is 1.65. The first-order valence-electron chi connectivity index (χ1n) is 12.8. The molecular formula is C32H35FO5. The lowest BCUT2D eigenvalue weighted by atomic mass is 9.79. The molecule has 3 aromatic carbocycles. The summed E-state index contributed by atoms with van der Waals surface area (Å²) < 4.78 is 31.8. The van der Waals surface area contributed by atoms with Crippen molar-refractivity contribution in [3.8, 4) is 22.6 Å². The van der Waals surface area contributed by atoms with Gasteiger partial charge in [0.2, 0.25) is 0 Å². The molecule has 1 aliphatic carbocycles. The Bertz CT molecular complexity index is 1330. The number of benzene rings is 3.